The van der Waals surface area contributed by atoms with Gasteiger partial charge in [0.1, 0.15) is 0 Å². The highest BCUT2D eigenvalue weighted by Crippen LogP contribution is 2.27. The van der Waals surface area contributed by atoms with Gasteiger partial charge in [0.2, 0.25) is 0 Å². The Balaban J connectivity index is 2.09. The molecule has 2 atom stereocenters. The molecule has 2 heterocycles. The third-order valence-electron chi connectivity index (χ3n) is 3.86. The molecule has 0 spiro atoms. The molecule has 2 rings (SSSR count). The molecule has 5 heteroatoms. The van der Waals surface area contributed by atoms with Gasteiger partial charge < -0.3 is 10.6 Å². The van der Waals surface area contributed by atoms with Crippen LogP contribution in [0.4, 0.5) is 0 Å². The van der Waals surface area contributed by atoms with Gasteiger partial charge in [0.25, 0.3) is 0 Å². The van der Waals surface area contributed by atoms with Crippen molar-refractivity contribution in [1.82, 2.24) is 21.3 Å². The zero-order chi connectivity index (χ0) is 13.1. The van der Waals surface area contributed by atoms with E-state index in [1.54, 1.807) is 0 Å². The summed E-state index contributed by atoms with van der Waals surface area (Å²) in [6.45, 7) is 10.6. The number of halogens is 1. The maximum absolute atomic E-state index is 6.68. The lowest BCUT2D eigenvalue weighted by molar-refractivity contribution is 0.408. The Hall–Kier alpha value is -0.130. The fraction of sp³-hybridized carbons (Fsp3) is 0.846. The summed E-state index contributed by atoms with van der Waals surface area (Å²) >= 11 is 6.68. The van der Waals surface area contributed by atoms with Gasteiger partial charge in [-0.3, -0.25) is 10.6 Å². The Morgan fingerprint density at radius 1 is 0.944 bits per heavy atom. The predicted molar refractivity (Wildman–Crippen MR) is 76.8 cm³/mol. The number of allylic oxidation sites excluding steroid dienone is 1. The number of nitrogens with one attached hydrogen (secondary N) is 4. The van der Waals surface area contributed by atoms with Crippen molar-refractivity contribution in [3.63, 3.8) is 0 Å². The lowest BCUT2D eigenvalue weighted by Gasteiger charge is -2.30. The molecule has 0 bridgehead atoms. The molecule has 2 unspecified atom stereocenters. The first-order valence-corrected chi connectivity index (χ1v) is 7.29. The fourth-order valence-corrected chi connectivity index (χ4v) is 3.55. The Morgan fingerprint density at radius 3 is 1.83 bits per heavy atom. The molecule has 2 fully saturated rings. The van der Waals surface area contributed by atoms with Gasteiger partial charge in [-0.05, 0) is 19.4 Å². The molecule has 0 aromatic carbocycles. The summed E-state index contributed by atoms with van der Waals surface area (Å²) in [7, 11) is 0. The van der Waals surface area contributed by atoms with Gasteiger partial charge in [-0.15, -0.1) is 11.6 Å². The second kappa shape index (κ2) is 6.35. The second-order valence-corrected chi connectivity index (χ2v) is 5.89. The molecule has 4 N–H and O–H groups in total. The molecule has 0 saturated carbocycles. The van der Waals surface area contributed by atoms with Gasteiger partial charge in [0.05, 0.1) is 17.7 Å². The first kappa shape index (κ1) is 14.3. The van der Waals surface area contributed by atoms with Crippen molar-refractivity contribution in [3.8, 4) is 0 Å². The van der Waals surface area contributed by atoms with Crippen LogP contribution in [0.2, 0.25) is 0 Å². The third-order valence-corrected chi connectivity index (χ3v) is 4.35. The first-order chi connectivity index (χ1) is 8.61. The summed E-state index contributed by atoms with van der Waals surface area (Å²) in [6, 6.07) is 0. The van der Waals surface area contributed by atoms with Crippen LogP contribution in [0.5, 0.6) is 0 Å². The zero-order valence-electron chi connectivity index (χ0n) is 11.5. The Labute approximate surface area is 115 Å². The van der Waals surface area contributed by atoms with Crippen molar-refractivity contribution in [1.29, 1.82) is 0 Å². The zero-order valence-corrected chi connectivity index (χ0v) is 12.3. The lowest BCUT2D eigenvalue weighted by atomic mass is 9.90. The number of rotatable bonds is 4. The summed E-state index contributed by atoms with van der Waals surface area (Å²) in [5.41, 5.74) is 2.67. The van der Waals surface area contributed by atoms with Gasteiger partial charge in [0.15, 0.2) is 0 Å². The third kappa shape index (κ3) is 3.06. The average Bonchev–Trinajstić information content (AvgIpc) is 3.02. The van der Waals surface area contributed by atoms with Crippen LogP contribution in [-0.2, 0) is 0 Å². The molecule has 0 aromatic rings. The van der Waals surface area contributed by atoms with Crippen LogP contribution in [0, 0.1) is 5.92 Å². The van der Waals surface area contributed by atoms with E-state index in [0.717, 1.165) is 26.2 Å². The monoisotopic (exact) mass is 272 g/mol. The van der Waals surface area contributed by atoms with Crippen LogP contribution in [0.15, 0.2) is 11.1 Å². The summed E-state index contributed by atoms with van der Waals surface area (Å²) < 4.78 is 0. The van der Waals surface area contributed by atoms with E-state index in [1.807, 2.05) is 0 Å². The predicted octanol–water partition coefficient (Wildman–Crippen LogP) is 0.604. The van der Waals surface area contributed by atoms with E-state index < -0.39 is 0 Å². The smallest absolute Gasteiger partial charge is 0.0836 e. The molecule has 0 aromatic heterocycles. The average molecular weight is 273 g/mol. The van der Waals surface area contributed by atoms with Crippen LogP contribution in [-0.4, -0.2) is 43.9 Å². The van der Waals surface area contributed by atoms with Crippen molar-refractivity contribution in [2.45, 2.75) is 38.5 Å². The normalized spacial score (nSPS) is 25.3. The minimum absolute atomic E-state index is 0.0108. The first-order valence-electron chi connectivity index (χ1n) is 6.86. The van der Waals surface area contributed by atoms with Crippen molar-refractivity contribution in [2.75, 3.05) is 26.2 Å². The molecule has 2 aliphatic heterocycles. The lowest BCUT2D eigenvalue weighted by Crippen LogP contribution is -2.46. The van der Waals surface area contributed by atoms with Gasteiger partial charge >= 0.3 is 0 Å². The van der Waals surface area contributed by atoms with Crippen LogP contribution in [0.1, 0.15) is 20.8 Å². The summed E-state index contributed by atoms with van der Waals surface area (Å²) in [5, 5.41) is 13.8. The molecule has 0 aliphatic carbocycles. The molecule has 2 aliphatic rings. The maximum Gasteiger partial charge on any atom is 0.0836 e. The highest BCUT2D eigenvalue weighted by molar-refractivity contribution is 6.23. The maximum atomic E-state index is 6.68. The minimum Gasteiger partial charge on any atom is -0.300 e. The van der Waals surface area contributed by atoms with Gasteiger partial charge in [-0.25, -0.2) is 0 Å². The van der Waals surface area contributed by atoms with Crippen LogP contribution >= 0.6 is 11.6 Å². The van der Waals surface area contributed by atoms with Crippen LogP contribution in [0.3, 0.4) is 0 Å². The van der Waals surface area contributed by atoms with E-state index in [0.29, 0.717) is 12.1 Å². The number of hydrogen-bond acceptors (Lipinski definition) is 4. The molecule has 0 amide bonds. The quantitative estimate of drug-likeness (QED) is 0.447. The molecular weight excluding hydrogens is 248 g/mol. The Kier molecular flexibility index (Phi) is 5.04. The summed E-state index contributed by atoms with van der Waals surface area (Å²) in [4.78, 5) is 0. The molecule has 0 radical (unpaired) electrons. The SMILES string of the molecule is CC(C)=C(C(C)C1NCCN1)C(Cl)C1NCCN1. The second-order valence-electron chi connectivity index (χ2n) is 5.42. The summed E-state index contributed by atoms with van der Waals surface area (Å²) in [6.07, 6.45) is 0.540. The van der Waals surface area contributed by atoms with Crippen molar-refractivity contribution in [2.24, 2.45) is 5.92 Å². The van der Waals surface area contributed by atoms with E-state index in [1.165, 1.54) is 11.1 Å². The standard InChI is InChI=1S/C13H25ClN4/c1-8(2)10(9(3)12-15-4-5-16-12)11(14)13-17-6-7-18-13/h9,11-13,15-18H,4-7H2,1-3H3. The molecular formula is C13H25ClN4. The Bertz CT molecular complexity index is 278. The van der Waals surface area contributed by atoms with Gasteiger partial charge in [-0.1, -0.05) is 12.5 Å². The number of hydrogen-bond donors (Lipinski definition) is 4. The van der Waals surface area contributed by atoms with Gasteiger partial charge in [0, 0.05) is 32.1 Å². The highest BCUT2D eigenvalue weighted by atomic mass is 35.5. The van der Waals surface area contributed by atoms with Crippen LogP contribution in [0.25, 0.3) is 0 Å². The Morgan fingerprint density at radius 2 is 1.39 bits per heavy atom. The van der Waals surface area contributed by atoms with Gasteiger partial charge in [-0.2, -0.15) is 0 Å². The van der Waals surface area contributed by atoms with E-state index in [9.17, 15) is 0 Å². The summed E-state index contributed by atoms with van der Waals surface area (Å²) in [5.74, 6) is 0.407. The van der Waals surface area contributed by atoms with E-state index in [4.69, 9.17) is 11.6 Å². The van der Waals surface area contributed by atoms with E-state index in [2.05, 4.69) is 42.0 Å². The number of alkyl halides is 1. The molecule has 2 saturated heterocycles. The minimum atomic E-state index is 0.0108. The van der Waals surface area contributed by atoms with Crippen molar-refractivity contribution >= 4 is 11.6 Å². The van der Waals surface area contributed by atoms with Crippen molar-refractivity contribution < 1.29 is 0 Å². The van der Waals surface area contributed by atoms with Crippen LogP contribution < -0.4 is 21.3 Å². The molecule has 4 nitrogen and oxygen atoms in total. The van der Waals surface area contributed by atoms with E-state index in [-0.39, 0.29) is 11.5 Å². The largest absolute Gasteiger partial charge is 0.300 e. The molecule has 18 heavy (non-hydrogen) atoms. The van der Waals surface area contributed by atoms with E-state index >= 15 is 0 Å². The topological polar surface area (TPSA) is 48.1 Å². The highest BCUT2D eigenvalue weighted by Gasteiger charge is 2.32. The molecule has 104 valence electrons. The fourth-order valence-electron chi connectivity index (χ4n) is 2.96. The van der Waals surface area contributed by atoms with Crippen molar-refractivity contribution in [3.05, 3.63) is 11.1 Å².